The van der Waals surface area contributed by atoms with Crippen LogP contribution in [0.4, 0.5) is 10.5 Å². The first-order valence-electron chi connectivity index (χ1n) is 6.20. The summed E-state index contributed by atoms with van der Waals surface area (Å²) in [5.74, 6) is 0.642. The Morgan fingerprint density at radius 2 is 2.00 bits per heavy atom. The van der Waals surface area contributed by atoms with Crippen LogP contribution < -0.4 is 15.8 Å². The van der Waals surface area contributed by atoms with Crippen molar-refractivity contribution in [3.05, 3.63) is 24.3 Å². The van der Waals surface area contributed by atoms with Crippen LogP contribution in [0.1, 0.15) is 13.8 Å². The van der Waals surface area contributed by atoms with Crippen LogP contribution in [-0.4, -0.2) is 37.2 Å². The highest BCUT2D eigenvalue weighted by Gasteiger charge is 2.11. The van der Waals surface area contributed by atoms with E-state index in [-0.39, 0.29) is 6.03 Å². The van der Waals surface area contributed by atoms with E-state index in [2.05, 4.69) is 5.32 Å². The van der Waals surface area contributed by atoms with Gasteiger partial charge in [0.25, 0.3) is 0 Å². The van der Waals surface area contributed by atoms with Gasteiger partial charge in [0, 0.05) is 19.6 Å². The topological polar surface area (TPSA) is 67.6 Å². The van der Waals surface area contributed by atoms with Crippen molar-refractivity contribution < 1.29 is 9.53 Å². The van der Waals surface area contributed by atoms with E-state index >= 15 is 0 Å². The summed E-state index contributed by atoms with van der Waals surface area (Å²) in [5, 5.41) is 2.84. The minimum Gasteiger partial charge on any atom is -0.490 e. The number of nitrogens with one attached hydrogen (secondary N) is 1. The zero-order valence-corrected chi connectivity index (χ0v) is 11.0. The molecule has 18 heavy (non-hydrogen) atoms. The van der Waals surface area contributed by atoms with Gasteiger partial charge in [-0.1, -0.05) is 12.1 Å². The summed E-state index contributed by atoms with van der Waals surface area (Å²) >= 11 is 0. The van der Waals surface area contributed by atoms with E-state index in [9.17, 15) is 4.79 Å². The molecule has 2 amide bonds. The fourth-order valence-electron chi connectivity index (χ4n) is 1.57. The Morgan fingerprint density at radius 3 is 2.61 bits per heavy atom. The molecule has 1 aromatic carbocycles. The molecule has 100 valence electrons. The van der Waals surface area contributed by atoms with Crippen molar-refractivity contribution in [1.29, 1.82) is 0 Å². The predicted octanol–water partition coefficient (Wildman–Crippen LogP) is 1.90. The van der Waals surface area contributed by atoms with Crippen LogP contribution >= 0.6 is 0 Å². The minimum absolute atomic E-state index is 0.121. The second-order valence-corrected chi connectivity index (χ2v) is 3.74. The first kappa shape index (κ1) is 14.3. The Labute approximate surface area is 108 Å². The molecule has 0 aliphatic heterocycles. The summed E-state index contributed by atoms with van der Waals surface area (Å²) in [6, 6.07) is 7.22. The van der Waals surface area contributed by atoms with E-state index in [0.717, 1.165) is 0 Å². The summed E-state index contributed by atoms with van der Waals surface area (Å²) < 4.78 is 5.48. The summed E-state index contributed by atoms with van der Waals surface area (Å²) in [4.78, 5) is 13.6. The molecule has 3 N–H and O–H groups in total. The van der Waals surface area contributed by atoms with Gasteiger partial charge in [0.05, 0.1) is 5.69 Å². The van der Waals surface area contributed by atoms with Crippen LogP contribution in [0.2, 0.25) is 0 Å². The van der Waals surface area contributed by atoms with Gasteiger partial charge in [-0.05, 0) is 26.0 Å². The third-order valence-corrected chi connectivity index (χ3v) is 2.55. The van der Waals surface area contributed by atoms with E-state index in [1.807, 2.05) is 38.1 Å². The summed E-state index contributed by atoms with van der Waals surface area (Å²) in [6.45, 7) is 6.11. The zero-order valence-electron chi connectivity index (χ0n) is 11.0. The largest absolute Gasteiger partial charge is 0.490 e. The number of benzene rings is 1. The highest BCUT2D eigenvalue weighted by molar-refractivity contribution is 5.90. The Kier molecular flexibility index (Phi) is 6.00. The maximum atomic E-state index is 11.9. The molecule has 0 aromatic heterocycles. The monoisotopic (exact) mass is 251 g/mol. The average Bonchev–Trinajstić information content (AvgIpc) is 2.39. The van der Waals surface area contributed by atoms with E-state index < -0.39 is 0 Å². The third-order valence-electron chi connectivity index (χ3n) is 2.55. The molecule has 0 bridgehead atoms. The fourth-order valence-corrected chi connectivity index (χ4v) is 1.57. The minimum atomic E-state index is -0.121. The Balaban J connectivity index is 2.73. The number of urea groups is 1. The second-order valence-electron chi connectivity index (χ2n) is 3.74. The van der Waals surface area contributed by atoms with Gasteiger partial charge in [-0.2, -0.15) is 0 Å². The summed E-state index contributed by atoms with van der Waals surface area (Å²) in [7, 11) is 0. The summed E-state index contributed by atoms with van der Waals surface area (Å²) in [5.41, 5.74) is 6.07. The van der Waals surface area contributed by atoms with Gasteiger partial charge in [-0.15, -0.1) is 0 Å². The molecular formula is C13H21N3O2. The van der Waals surface area contributed by atoms with Crippen molar-refractivity contribution >= 4 is 11.7 Å². The number of anilines is 1. The second kappa shape index (κ2) is 7.55. The van der Waals surface area contributed by atoms with E-state index in [1.54, 1.807) is 4.90 Å². The first-order valence-corrected chi connectivity index (χ1v) is 6.20. The van der Waals surface area contributed by atoms with Gasteiger partial charge in [-0.3, -0.25) is 0 Å². The first-order chi connectivity index (χ1) is 8.72. The van der Waals surface area contributed by atoms with Crippen LogP contribution in [0.3, 0.4) is 0 Å². The number of ether oxygens (including phenoxy) is 1. The van der Waals surface area contributed by atoms with Crippen molar-refractivity contribution in [3.63, 3.8) is 0 Å². The van der Waals surface area contributed by atoms with Crippen LogP contribution in [0.15, 0.2) is 24.3 Å². The lowest BCUT2D eigenvalue weighted by Gasteiger charge is -2.20. The number of amides is 2. The molecule has 1 rings (SSSR count). The number of nitrogens with zero attached hydrogens (tertiary/aromatic N) is 1. The van der Waals surface area contributed by atoms with Gasteiger partial charge in [0.1, 0.15) is 12.4 Å². The molecule has 0 heterocycles. The molecular weight excluding hydrogens is 230 g/mol. The molecule has 5 nitrogen and oxygen atoms in total. The number of carbonyl (C=O) groups is 1. The molecule has 1 aromatic rings. The Morgan fingerprint density at radius 1 is 1.33 bits per heavy atom. The fraction of sp³-hybridized carbons (Fsp3) is 0.462. The lowest BCUT2D eigenvalue weighted by atomic mass is 10.3. The van der Waals surface area contributed by atoms with Crippen LogP contribution in [0.25, 0.3) is 0 Å². The molecule has 0 radical (unpaired) electrons. The quantitative estimate of drug-likeness (QED) is 0.811. The van der Waals surface area contributed by atoms with Crippen molar-refractivity contribution in [2.45, 2.75) is 13.8 Å². The van der Waals surface area contributed by atoms with Crippen molar-refractivity contribution in [2.24, 2.45) is 5.73 Å². The third kappa shape index (κ3) is 3.92. The number of hydrogen-bond acceptors (Lipinski definition) is 3. The summed E-state index contributed by atoms with van der Waals surface area (Å²) in [6.07, 6.45) is 0. The smallest absolute Gasteiger partial charge is 0.321 e. The van der Waals surface area contributed by atoms with Gasteiger partial charge < -0.3 is 20.7 Å². The average molecular weight is 251 g/mol. The standard InChI is InChI=1S/C13H21N3O2/c1-3-16(4-2)13(17)15-11-7-5-6-8-12(11)18-10-9-14/h5-8H,3-4,9-10,14H2,1-2H3,(H,15,17). The Bertz CT molecular complexity index is 378. The van der Waals surface area contributed by atoms with Gasteiger partial charge >= 0.3 is 6.03 Å². The van der Waals surface area contributed by atoms with Crippen molar-refractivity contribution in [2.75, 3.05) is 31.6 Å². The van der Waals surface area contributed by atoms with Gasteiger partial charge in [0.15, 0.2) is 0 Å². The van der Waals surface area contributed by atoms with Crippen LogP contribution in [-0.2, 0) is 0 Å². The molecule has 0 atom stereocenters. The highest BCUT2D eigenvalue weighted by atomic mass is 16.5. The number of hydrogen-bond donors (Lipinski definition) is 2. The lowest BCUT2D eigenvalue weighted by molar-refractivity contribution is 0.217. The number of nitrogens with two attached hydrogens (primary N) is 1. The molecule has 0 spiro atoms. The van der Waals surface area contributed by atoms with E-state index in [1.165, 1.54) is 0 Å². The maximum absolute atomic E-state index is 11.9. The Hall–Kier alpha value is -1.75. The van der Waals surface area contributed by atoms with E-state index in [4.69, 9.17) is 10.5 Å². The predicted molar refractivity (Wildman–Crippen MR) is 72.9 cm³/mol. The van der Waals surface area contributed by atoms with Crippen LogP contribution in [0.5, 0.6) is 5.75 Å². The van der Waals surface area contributed by atoms with Gasteiger partial charge in [-0.25, -0.2) is 4.79 Å². The number of carbonyl (C=O) groups excluding carboxylic acids is 1. The molecule has 0 unspecified atom stereocenters. The van der Waals surface area contributed by atoms with Gasteiger partial charge in [0.2, 0.25) is 0 Å². The molecule has 0 fully saturated rings. The zero-order chi connectivity index (χ0) is 13.4. The van der Waals surface area contributed by atoms with E-state index in [0.29, 0.717) is 37.7 Å². The van der Waals surface area contributed by atoms with Crippen molar-refractivity contribution in [3.8, 4) is 5.75 Å². The molecule has 0 aliphatic rings. The molecule has 5 heteroatoms. The van der Waals surface area contributed by atoms with Crippen molar-refractivity contribution in [1.82, 2.24) is 4.90 Å². The number of rotatable bonds is 6. The molecule has 0 saturated heterocycles. The lowest BCUT2D eigenvalue weighted by Crippen LogP contribution is -2.34. The normalized spacial score (nSPS) is 9.94. The maximum Gasteiger partial charge on any atom is 0.321 e. The molecule has 0 saturated carbocycles. The highest BCUT2D eigenvalue weighted by Crippen LogP contribution is 2.23. The number of para-hydroxylation sites is 2. The SMILES string of the molecule is CCN(CC)C(=O)Nc1ccccc1OCCN. The van der Waals surface area contributed by atoms with Crippen LogP contribution in [0, 0.1) is 0 Å². The molecule has 0 aliphatic carbocycles.